The maximum Gasteiger partial charge on any atom is 0.119 e. The highest BCUT2D eigenvalue weighted by atomic mass is 16.5. The van der Waals surface area contributed by atoms with Gasteiger partial charge in [0, 0.05) is 13.1 Å². The summed E-state index contributed by atoms with van der Waals surface area (Å²) in [5.74, 6) is 0.843. The summed E-state index contributed by atoms with van der Waals surface area (Å²) in [5.41, 5.74) is 12.0. The molecule has 0 fully saturated rings. The molecule has 0 aliphatic rings. The Morgan fingerprint density at radius 2 is 1.85 bits per heavy atom. The number of nitrogens with two attached hydrogens (primary N) is 2. The molecule has 1 atom stereocenters. The van der Waals surface area contributed by atoms with Gasteiger partial charge in [0.2, 0.25) is 0 Å². The van der Waals surface area contributed by atoms with Crippen molar-refractivity contribution in [2.75, 3.05) is 6.54 Å². The van der Waals surface area contributed by atoms with Crippen LogP contribution < -0.4 is 16.2 Å². The molecular formula is C10H16N2O. The average Bonchev–Trinajstić information content (AvgIpc) is 2.19. The zero-order valence-electron chi connectivity index (χ0n) is 7.86. The lowest BCUT2D eigenvalue weighted by atomic mass is 10.2. The first kappa shape index (κ1) is 10.0. The molecule has 0 aliphatic carbocycles. The average molecular weight is 180 g/mol. The first-order chi connectivity index (χ1) is 6.26. The zero-order valence-corrected chi connectivity index (χ0v) is 7.86. The predicted octanol–water partition coefficient (Wildman–Crippen LogP) is 0.871. The fraction of sp³-hybridized carbons (Fsp3) is 0.400. The molecule has 0 spiro atoms. The number of hydrogen-bond acceptors (Lipinski definition) is 3. The summed E-state index contributed by atoms with van der Waals surface area (Å²) >= 11 is 0. The summed E-state index contributed by atoms with van der Waals surface area (Å²) in [6.07, 6.45) is 0.0590. The second kappa shape index (κ2) is 4.84. The molecule has 72 valence electrons. The fourth-order valence-electron chi connectivity index (χ4n) is 0.985. The van der Waals surface area contributed by atoms with Crippen LogP contribution >= 0.6 is 0 Å². The molecule has 0 aromatic heterocycles. The van der Waals surface area contributed by atoms with Gasteiger partial charge in [-0.2, -0.15) is 0 Å². The summed E-state index contributed by atoms with van der Waals surface area (Å²) in [6.45, 7) is 3.03. The first-order valence-corrected chi connectivity index (χ1v) is 4.42. The molecule has 0 aliphatic heterocycles. The third-order valence-corrected chi connectivity index (χ3v) is 1.83. The molecule has 13 heavy (non-hydrogen) atoms. The lowest BCUT2D eigenvalue weighted by molar-refractivity contribution is 0.230. The van der Waals surface area contributed by atoms with E-state index in [0.29, 0.717) is 13.1 Å². The van der Waals surface area contributed by atoms with Crippen LogP contribution in [0.1, 0.15) is 12.5 Å². The zero-order chi connectivity index (χ0) is 9.68. The van der Waals surface area contributed by atoms with E-state index in [1.54, 1.807) is 0 Å². The molecule has 1 rings (SSSR count). The third kappa shape index (κ3) is 3.05. The Labute approximate surface area is 78.7 Å². The summed E-state index contributed by atoms with van der Waals surface area (Å²) < 4.78 is 5.50. The van der Waals surface area contributed by atoms with Gasteiger partial charge in [0.05, 0.1) is 0 Å². The highest BCUT2D eigenvalue weighted by Gasteiger charge is 2.00. The minimum Gasteiger partial charge on any atom is -0.489 e. The molecule has 0 saturated carbocycles. The largest absolute Gasteiger partial charge is 0.489 e. The van der Waals surface area contributed by atoms with Crippen molar-refractivity contribution in [3.05, 3.63) is 29.8 Å². The number of ether oxygens (including phenoxy) is 1. The van der Waals surface area contributed by atoms with E-state index in [1.807, 2.05) is 31.2 Å². The Morgan fingerprint density at radius 3 is 2.31 bits per heavy atom. The second-order valence-corrected chi connectivity index (χ2v) is 3.01. The van der Waals surface area contributed by atoms with Crippen LogP contribution in [0, 0.1) is 0 Å². The van der Waals surface area contributed by atoms with Gasteiger partial charge in [-0.1, -0.05) is 12.1 Å². The maximum atomic E-state index is 5.50. The Kier molecular flexibility index (Phi) is 3.73. The minimum atomic E-state index is 0.0590. The van der Waals surface area contributed by atoms with Gasteiger partial charge < -0.3 is 16.2 Å². The lowest BCUT2D eigenvalue weighted by Gasteiger charge is -2.12. The molecule has 0 amide bonds. The number of rotatable bonds is 4. The molecular weight excluding hydrogens is 164 g/mol. The molecule has 3 heteroatoms. The van der Waals surface area contributed by atoms with Crippen molar-refractivity contribution < 1.29 is 4.74 Å². The molecule has 3 nitrogen and oxygen atoms in total. The molecule has 1 aromatic rings. The van der Waals surface area contributed by atoms with Crippen LogP contribution in [0.2, 0.25) is 0 Å². The van der Waals surface area contributed by atoms with E-state index in [2.05, 4.69) is 0 Å². The van der Waals surface area contributed by atoms with E-state index in [4.69, 9.17) is 16.2 Å². The van der Waals surface area contributed by atoms with Crippen molar-refractivity contribution in [3.8, 4) is 5.75 Å². The molecule has 0 saturated heterocycles. The lowest BCUT2D eigenvalue weighted by Crippen LogP contribution is -2.22. The minimum absolute atomic E-state index is 0.0590. The molecule has 0 bridgehead atoms. The molecule has 0 heterocycles. The van der Waals surface area contributed by atoms with Gasteiger partial charge in [0.15, 0.2) is 0 Å². The second-order valence-electron chi connectivity index (χ2n) is 3.01. The summed E-state index contributed by atoms with van der Waals surface area (Å²) in [5, 5.41) is 0. The number of benzene rings is 1. The van der Waals surface area contributed by atoms with Crippen LogP contribution in [-0.2, 0) is 6.54 Å². The van der Waals surface area contributed by atoms with Gasteiger partial charge in [-0.3, -0.25) is 0 Å². The fourth-order valence-corrected chi connectivity index (χ4v) is 0.985. The molecule has 4 N–H and O–H groups in total. The van der Waals surface area contributed by atoms with Crippen molar-refractivity contribution in [1.29, 1.82) is 0 Å². The monoisotopic (exact) mass is 180 g/mol. The van der Waals surface area contributed by atoms with E-state index in [0.717, 1.165) is 11.3 Å². The van der Waals surface area contributed by atoms with Crippen LogP contribution in [0.5, 0.6) is 5.75 Å². The van der Waals surface area contributed by atoms with Gasteiger partial charge >= 0.3 is 0 Å². The standard InChI is InChI=1S/C10H16N2O/c1-8(6-11)13-10-4-2-9(7-12)3-5-10/h2-5,8H,6-7,11-12H2,1H3. The van der Waals surface area contributed by atoms with Crippen LogP contribution in [0.25, 0.3) is 0 Å². The molecule has 1 aromatic carbocycles. The van der Waals surface area contributed by atoms with Crippen molar-refractivity contribution >= 4 is 0 Å². The van der Waals surface area contributed by atoms with E-state index in [1.165, 1.54) is 0 Å². The van der Waals surface area contributed by atoms with Crippen molar-refractivity contribution in [3.63, 3.8) is 0 Å². The third-order valence-electron chi connectivity index (χ3n) is 1.83. The van der Waals surface area contributed by atoms with Crippen LogP contribution in [0.4, 0.5) is 0 Å². The summed E-state index contributed by atoms with van der Waals surface area (Å²) in [4.78, 5) is 0. The van der Waals surface area contributed by atoms with Crippen molar-refractivity contribution in [2.24, 2.45) is 11.5 Å². The molecule has 0 radical (unpaired) electrons. The molecule has 1 unspecified atom stereocenters. The van der Waals surface area contributed by atoms with Gasteiger partial charge in [-0.05, 0) is 24.6 Å². The van der Waals surface area contributed by atoms with E-state index < -0.39 is 0 Å². The highest BCUT2D eigenvalue weighted by molar-refractivity contribution is 5.27. The van der Waals surface area contributed by atoms with Gasteiger partial charge in [0.25, 0.3) is 0 Å². The van der Waals surface area contributed by atoms with Gasteiger partial charge in [0.1, 0.15) is 11.9 Å². The smallest absolute Gasteiger partial charge is 0.119 e. The Balaban J connectivity index is 2.58. The Bertz CT molecular complexity index is 246. The van der Waals surface area contributed by atoms with Crippen LogP contribution in [0.3, 0.4) is 0 Å². The topological polar surface area (TPSA) is 61.3 Å². The SMILES string of the molecule is CC(CN)Oc1ccc(CN)cc1. The summed E-state index contributed by atoms with van der Waals surface area (Å²) in [6, 6.07) is 7.74. The normalized spacial score (nSPS) is 12.5. The highest BCUT2D eigenvalue weighted by Crippen LogP contribution is 2.13. The Hall–Kier alpha value is -1.06. The van der Waals surface area contributed by atoms with Crippen LogP contribution in [0.15, 0.2) is 24.3 Å². The quantitative estimate of drug-likeness (QED) is 0.722. The van der Waals surface area contributed by atoms with Gasteiger partial charge in [-0.25, -0.2) is 0 Å². The van der Waals surface area contributed by atoms with E-state index in [-0.39, 0.29) is 6.10 Å². The van der Waals surface area contributed by atoms with E-state index >= 15 is 0 Å². The van der Waals surface area contributed by atoms with Crippen molar-refractivity contribution in [2.45, 2.75) is 19.6 Å². The summed E-state index contributed by atoms with van der Waals surface area (Å²) in [7, 11) is 0. The van der Waals surface area contributed by atoms with Crippen molar-refractivity contribution in [1.82, 2.24) is 0 Å². The van der Waals surface area contributed by atoms with Crippen LogP contribution in [-0.4, -0.2) is 12.6 Å². The Morgan fingerprint density at radius 1 is 1.23 bits per heavy atom. The number of hydrogen-bond donors (Lipinski definition) is 2. The first-order valence-electron chi connectivity index (χ1n) is 4.42. The maximum absolute atomic E-state index is 5.50. The van der Waals surface area contributed by atoms with E-state index in [9.17, 15) is 0 Å². The van der Waals surface area contributed by atoms with Gasteiger partial charge in [-0.15, -0.1) is 0 Å². The predicted molar refractivity (Wildman–Crippen MR) is 53.5 cm³/mol.